The third-order valence-corrected chi connectivity index (χ3v) is 5.05. The number of halogens is 1. The average molecular weight is 439 g/mol. The lowest BCUT2D eigenvalue weighted by molar-refractivity contribution is -0.133. The highest BCUT2D eigenvalue weighted by molar-refractivity contribution is 9.10. The fourth-order valence-electron chi connectivity index (χ4n) is 2.81. The van der Waals surface area contributed by atoms with Crippen LogP contribution in [0.25, 0.3) is 0 Å². The first-order valence-corrected chi connectivity index (χ1v) is 10.2. The van der Waals surface area contributed by atoms with Crippen LogP contribution in [0.4, 0.5) is 11.4 Å². The Bertz CT molecular complexity index is 1020. The number of nitrogens with one attached hydrogen (secondary N) is 2. The Kier molecular flexibility index (Phi) is 4.63. The number of carbonyl (C=O) groups is 2. The lowest BCUT2D eigenvalue weighted by Crippen LogP contribution is -2.36. The summed E-state index contributed by atoms with van der Waals surface area (Å²) in [5, 5.41) is 13.4. The lowest BCUT2D eigenvalue weighted by atomic mass is 9.88. The van der Waals surface area contributed by atoms with Crippen molar-refractivity contribution >= 4 is 49.0 Å². The number of ketones is 1. The van der Waals surface area contributed by atoms with Gasteiger partial charge in [0, 0.05) is 27.0 Å². The first-order chi connectivity index (χ1) is 12.1. The van der Waals surface area contributed by atoms with Crippen molar-refractivity contribution in [3.8, 4) is 0 Å². The number of hydrogen-bond acceptors (Lipinski definition) is 5. The predicted molar refractivity (Wildman–Crippen MR) is 101 cm³/mol. The van der Waals surface area contributed by atoms with Crippen LogP contribution >= 0.6 is 15.9 Å². The minimum Gasteiger partial charge on any atom is -0.375 e. The number of carbonyl (C=O) groups excluding carboxylic acids is 2. The largest absolute Gasteiger partial charge is 0.375 e. The molecular weight excluding hydrogens is 424 g/mol. The van der Waals surface area contributed by atoms with Crippen LogP contribution in [0.2, 0.25) is 0 Å². The normalized spacial score (nSPS) is 19.0. The van der Waals surface area contributed by atoms with Gasteiger partial charge in [-0.3, -0.25) is 14.3 Å². The number of hydrogen-bond donors (Lipinski definition) is 3. The maximum absolute atomic E-state index is 12.6. The van der Waals surface area contributed by atoms with Gasteiger partial charge in [0.05, 0.1) is 12.7 Å². The molecule has 0 aromatic heterocycles. The molecule has 0 aliphatic carbocycles. The van der Waals surface area contributed by atoms with E-state index in [1.165, 1.54) is 24.3 Å². The van der Waals surface area contributed by atoms with Gasteiger partial charge in [-0.25, -0.2) is 8.42 Å². The zero-order valence-electron chi connectivity index (χ0n) is 13.6. The summed E-state index contributed by atoms with van der Waals surface area (Å²) in [7, 11) is -3.49. The molecule has 0 spiro atoms. The Balaban J connectivity index is 1.89. The number of Topliss-reactive ketones (excluding diaryl/α,β-unsaturated/α-hetero) is 1. The molecule has 0 saturated carbocycles. The molecule has 136 valence electrons. The van der Waals surface area contributed by atoms with Crippen molar-refractivity contribution < 1.29 is 23.1 Å². The Morgan fingerprint density at radius 2 is 2.00 bits per heavy atom. The number of aliphatic hydroxyl groups is 1. The van der Waals surface area contributed by atoms with Crippen LogP contribution in [-0.2, 0) is 20.4 Å². The van der Waals surface area contributed by atoms with E-state index in [-0.39, 0.29) is 11.3 Å². The highest BCUT2D eigenvalue weighted by Gasteiger charge is 2.46. The molecule has 7 nitrogen and oxygen atoms in total. The molecule has 3 rings (SSSR count). The van der Waals surface area contributed by atoms with E-state index >= 15 is 0 Å². The van der Waals surface area contributed by atoms with Crippen LogP contribution in [-0.4, -0.2) is 31.5 Å². The average Bonchev–Trinajstić information content (AvgIpc) is 2.76. The van der Waals surface area contributed by atoms with Gasteiger partial charge >= 0.3 is 0 Å². The van der Waals surface area contributed by atoms with Gasteiger partial charge < -0.3 is 10.4 Å². The van der Waals surface area contributed by atoms with Gasteiger partial charge in [-0.1, -0.05) is 34.1 Å². The van der Waals surface area contributed by atoms with Crippen molar-refractivity contribution in [2.45, 2.75) is 12.0 Å². The number of anilines is 2. The topological polar surface area (TPSA) is 113 Å². The summed E-state index contributed by atoms with van der Waals surface area (Å²) >= 11 is 3.29. The molecule has 2 aromatic carbocycles. The van der Waals surface area contributed by atoms with E-state index in [1.807, 2.05) is 0 Å². The SMILES string of the molecule is CS(=O)(=O)Nc1cccc(C(=O)C[C@@]2(O)C(=O)Nc3cc(Br)ccc32)c1. The monoisotopic (exact) mass is 438 g/mol. The minimum absolute atomic E-state index is 0.186. The smallest absolute Gasteiger partial charge is 0.261 e. The van der Waals surface area contributed by atoms with Crippen molar-refractivity contribution in [1.29, 1.82) is 0 Å². The van der Waals surface area contributed by atoms with Gasteiger partial charge in [0.1, 0.15) is 0 Å². The van der Waals surface area contributed by atoms with Crippen LogP contribution in [0.1, 0.15) is 22.3 Å². The summed E-state index contributed by atoms with van der Waals surface area (Å²) in [6, 6.07) is 10.8. The molecule has 1 aliphatic heterocycles. The van der Waals surface area contributed by atoms with Crippen molar-refractivity contribution in [2.24, 2.45) is 0 Å². The Morgan fingerprint density at radius 1 is 1.27 bits per heavy atom. The molecular formula is C17H15BrN2O5S. The number of fused-ring (bicyclic) bond motifs is 1. The molecule has 1 aliphatic rings. The Labute approximate surface area is 158 Å². The summed E-state index contributed by atoms with van der Waals surface area (Å²) in [4.78, 5) is 24.9. The second-order valence-electron chi connectivity index (χ2n) is 6.06. The van der Waals surface area contributed by atoms with Crippen molar-refractivity contribution in [3.63, 3.8) is 0 Å². The molecule has 0 bridgehead atoms. The number of rotatable bonds is 5. The molecule has 1 amide bonds. The summed E-state index contributed by atoms with van der Waals surface area (Å²) in [6.07, 6.45) is 0.540. The van der Waals surface area contributed by atoms with Gasteiger partial charge in [-0.15, -0.1) is 0 Å². The summed E-state index contributed by atoms with van der Waals surface area (Å²) < 4.78 is 25.7. The lowest BCUT2D eigenvalue weighted by Gasteiger charge is -2.20. The van der Waals surface area contributed by atoms with Crippen LogP contribution in [0.15, 0.2) is 46.9 Å². The zero-order valence-corrected chi connectivity index (χ0v) is 16.0. The first-order valence-electron chi connectivity index (χ1n) is 7.53. The molecule has 3 N–H and O–H groups in total. The van der Waals surface area contributed by atoms with Crippen LogP contribution in [0, 0.1) is 0 Å². The van der Waals surface area contributed by atoms with Crippen LogP contribution < -0.4 is 10.0 Å². The predicted octanol–water partition coefficient (Wildman–Crippen LogP) is 2.23. The van der Waals surface area contributed by atoms with Crippen molar-refractivity contribution in [3.05, 3.63) is 58.1 Å². The van der Waals surface area contributed by atoms with E-state index in [0.29, 0.717) is 11.3 Å². The molecule has 0 radical (unpaired) electrons. The Hall–Kier alpha value is -2.23. The summed E-state index contributed by atoms with van der Waals surface area (Å²) in [6.45, 7) is 0. The third-order valence-electron chi connectivity index (χ3n) is 3.96. The van der Waals surface area contributed by atoms with E-state index in [0.717, 1.165) is 10.7 Å². The maximum atomic E-state index is 12.6. The van der Waals surface area contributed by atoms with Crippen LogP contribution in [0.3, 0.4) is 0 Å². The number of amides is 1. The second-order valence-corrected chi connectivity index (χ2v) is 8.72. The van der Waals surface area contributed by atoms with Gasteiger partial charge in [-0.2, -0.15) is 0 Å². The highest BCUT2D eigenvalue weighted by atomic mass is 79.9. The van der Waals surface area contributed by atoms with Crippen LogP contribution in [0.5, 0.6) is 0 Å². The first kappa shape index (κ1) is 18.6. The quantitative estimate of drug-likeness (QED) is 0.619. The molecule has 1 heterocycles. The zero-order chi connectivity index (χ0) is 19.1. The minimum atomic E-state index is -3.49. The number of benzene rings is 2. The Morgan fingerprint density at radius 3 is 2.69 bits per heavy atom. The molecule has 9 heteroatoms. The van der Waals surface area contributed by atoms with E-state index in [1.54, 1.807) is 18.2 Å². The summed E-state index contributed by atoms with van der Waals surface area (Å²) in [5.41, 5.74) is -0.805. The van der Waals surface area contributed by atoms with Gasteiger partial charge in [-0.05, 0) is 24.3 Å². The fourth-order valence-corrected chi connectivity index (χ4v) is 3.72. The molecule has 2 aromatic rings. The highest BCUT2D eigenvalue weighted by Crippen LogP contribution is 2.40. The maximum Gasteiger partial charge on any atom is 0.261 e. The van der Waals surface area contributed by atoms with E-state index in [2.05, 4.69) is 26.0 Å². The molecule has 0 unspecified atom stereocenters. The fraction of sp³-hybridized carbons (Fsp3) is 0.176. The van der Waals surface area contributed by atoms with E-state index in [9.17, 15) is 23.1 Å². The third kappa shape index (κ3) is 3.64. The molecule has 26 heavy (non-hydrogen) atoms. The molecule has 0 saturated heterocycles. The number of sulfonamides is 1. The van der Waals surface area contributed by atoms with Gasteiger partial charge in [0.25, 0.3) is 5.91 Å². The standard InChI is InChI=1S/C17H15BrN2O5S/c1-26(24,25)20-12-4-2-3-10(7-12)15(21)9-17(23)13-6-5-11(18)8-14(13)19-16(17)22/h2-8,20,23H,9H2,1H3,(H,19,22)/t17-/m0/s1. The van der Waals surface area contributed by atoms with Crippen molar-refractivity contribution in [1.82, 2.24) is 0 Å². The van der Waals surface area contributed by atoms with E-state index < -0.39 is 33.7 Å². The van der Waals surface area contributed by atoms with Crippen molar-refractivity contribution in [2.75, 3.05) is 16.3 Å². The molecule has 1 atom stereocenters. The second kappa shape index (κ2) is 6.49. The van der Waals surface area contributed by atoms with Gasteiger partial charge in [0.2, 0.25) is 10.0 Å². The summed E-state index contributed by atoms with van der Waals surface area (Å²) in [5.74, 6) is -1.17. The molecule has 0 fully saturated rings. The van der Waals surface area contributed by atoms with Gasteiger partial charge in [0.15, 0.2) is 11.4 Å². The van der Waals surface area contributed by atoms with E-state index in [4.69, 9.17) is 0 Å².